The van der Waals surface area contributed by atoms with Crippen molar-refractivity contribution in [1.29, 1.82) is 0 Å². The predicted octanol–water partition coefficient (Wildman–Crippen LogP) is 2.07. The third-order valence-corrected chi connectivity index (χ3v) is 4.47. The van der Waals surface area contributed by atoms with Gasteiger partial charge in [-0.25, -0.2) is 0 Å². The Hall–Kier alpha value is -0.570. The van der Waals surface area contributed by atoms with E-state index in [1.165, 1.54) is 44.9 Å². The first-order valence-corrected chi connectivity index (χ1v) is 7.23. The maximum atomic E-state index is 10.7. The number of hydrogen-bond acceptors (Lipinski definition) is 2. The van der Waals surface area contributed by atoms with Crippen molar-refractivity contribution in [3.05, 3.63) is 0 Å². The van der Waals surface area contributed by atoms with Crippen molar-refractivity contribution in [2.24, 2.45) is 11.8 Å². The van der Waals surface area contributed by atoms with Gasteiger partial charge in [0.15, 0.2) is 0 Å². The van der Waals surface area contributed by atoms with Crippen LogP contribution in [0.2, 0.25) is 0 Å². The van der Waals surface area contributed by atoms with Gasteiger partial charge >= 0.3 is 0 Å². The average molecular weight is 238 g/mol. The second-order valence-electron chi connectivity index (χ2n) is 5.75. The molecule has 2 rings (SSSR count). The van der Waals surface area contributed by atoms with Gasteiger partial charge in [0.05, 0.1) is 0 Å². The van der Waals surface area contributed by atoms with Crippen molar-refractivity contribution in [3.63, 3.8) is 0 Å². The molecule has 0 radical (unpaired) electrons. The number of nitrogens with one attached hydrogen (secondary N) is 2. The van der Waals surface area contributed by atoms with Crippen LogP contribution in [0, 0.1) is 11.8 Å². The van der Waals surface area contributed by atoms with E-state index >= 15 is 0 Å². The van der Waals surface area contributed by atoms with Crippen LogP contribution in [0.15, 0.2) is 0 Å². The summed E-state index contributed by atoms with van der Waals surface area (Å²) in [6.07, 6.45) is 9.95. The van der Waals surface area contributed by atoms with Crippen LogP contribution < -0.4 is 10.6 Å². The van der Waals surface area contributed by atoms with E-state index < -0.39 is 0 Å². The van der Waals surface area contributed by atoms with Crippen molar-refractivity contribution in [2.45, 2.75) is 57.9 Å². The summed E-state index contributed by atoms with van der Waals surface area (Å²) >= 11 is 0. The Balaban J connectivity index is 1.64. The zero-order valence-electron chi connectivity index (χ0n) is 11.0. The Labute approximate surface area is 105 Å². The Kier molecular flexibility index (Phi) is 4.84. The smallest absolute Gasteiger partial charge is 0.216 e. The van der Waals surface area contributed by atoms with Crippen LogP contribution in [0.3, 0.4) is 0 Å². The van der Waals surface area contributed by atoms with Gasteiger partial charge in [0, 0.05) is 26.1 Å². The summed E-state index contributed by atoms with van der Waals surface area (Å²) in [6.45, 7) is 3.26. The molecule has 3 atom stereocenters. The minimum Gasteiger partial charge on any atom is -0.355 e. The molecule has 98 valence electrons. The molecule has 0 aliphatic heterocycles. The number of carbonyl (C=O) groups excluding carboxylic acids is 1. The van der Waals surface area contributed by atoms with Gasteiger partial charge in [-0.05, 0) is 31.1 Å². The first-order valence-electron chi connectivity index (χ1n) is 7.23. The third kappa shape index (κ3) is 3.98. The summed E-state index contributed by atoms with van der Waals surface area (Å²) in [5.41, 5.74) is 0. The third-order valence-electron chi connectivity index (χ3n) is 4.47. The Morgan fingerprint density at radius 2 is 1.82 bits per heavy atom. The van der Waals surface area contributed by atoms with Gasteiger partial charge in [0.25, 0.3) is 0 Å². The molecule has 3 heteroatoms. The first kappa shape index (κ1) is 12.9. The van der Waals surface area contributed by atoms with Crippen LogP contribution in [0.5, 0.6) is 0 Å². The van der Waals surface area contributed by atoms with Gasteiger partial charge < -0.3 is 10.6 Å². The molecule has 0 spiro atoms. The lowest BCUT2D eigenvalue weighted by atomic mass is 9.69. The van der Waals surface area contributed by atoms with Crippen molar-refractivity contribution in [1.82, 2.24) is 10.6 Å². The molecular formula is C14H26N2O. The predicted molar refractivity (Wildman–Crippen MR) is 69.8 cm³/mol. The fourth-order valence-corrected chi connectivity index (χ4v) is 3.57. The zero-order chi connectivity index (χ0) is 12.1. The van der Waals surface area contributed by atoms with Gasteiger partial charge in [0.2, 0.25) is 5.91 Å². The quantitative estimate of drug-likeness (QED) is 0.736. The standard InChI is InChI=1S/C14H26N2O/c1-11(17)15-8-9-16-14-7-6-12-4-2-3-5-13(12)10-14/h12-14,16H,2-10H2,1H3,(H,15,17). The molecule has 2 fully saturated rings. The molecule has 0 aromatic heterocycles. The molecule has 3 nitrogen and oxygen atoms in total. The summed E-state index contributed by atoms with van der Waals surface area (Å²) in [6, 6.07) is 0.697. The van der Waals surface area contributed by atoms with Crippen molar-refractivity contribution >= 4 is 5.91 Å². The molecule has 1 amide bonds. The fourth-order valence-electron chi connectivity index (χ4n) is 3.57. The fraction of sp³-hybridized carbons (Fsp3) is 0.929. The Bertz CT molecular complexity index is 255. The number of hydrogen-bond donors (Lipinski definition) is 2. The molecule has 0 heterocycles. The van der Waals surface area contributed by atoms with Crippen LogP contribution in [-0.2, 0) is 4.79 Å². The van der Waals surface area contributed by atoms with Crippen LogP contribution in [-0.4, -0.2) is 25.0 Å². The van der Waals surface area contributed by atoms with E-state index in [1.807, 2.05) is 0 Å². The summed E-state index contributed by atoms with van der Waals surface area (Å²) in [5, 5.41) is 6.44. The highest BCUT2D eigenvalue weighted by Gasteiger charge is 2.31. The normalized spacial score (nSPS) is 32.9. The molecule has 3 unspecified atom stereocenters. The highest BCUT2D eigenvalue weighted by Crippen LogP contribution is 2.40. The van der Waals surface area contributed by atoms with Gasteiger partial charge in [-0.3, -0.25) is 4.79 Å². The molecule has 2 aliphatic carbocycles. The summed E-state index contributed by atoms with van der Waals surface area (Å²) in [5.74, 6) is 2.08. The topological polar surface area (TPSA) is 41.1 Å². The van der Waals surface area contributed by atoms with E-state index in [2.05, 4.69) is 10.6 Å². The highest BCUT2D eigenvalue weighted by atomic mass is 16.1. The number of carbonyl (C=O) groups is 1. The van der Waals surface area contributed by atoms with E-state index in [4.69, 9.17) is 0 Å². The van der Waals surface area contributed by atoms with Gasteiger partial charge in [-0.2, -0.15) is 0 Å². The molecule has 2 aliphatic rings. The minimum atomic E-state index is 0.0720. The van der Waals surface area contributed by atoms with Crippen LogP contribution in [0.1, 0.15) is 51.9 Å². The Morgan fingerprint density at radius 3 is 2.59 bits per heavy atom. The van der Waals surface area contributed by atoms with Crippen molar-refractivity contribution < 1.29 is 4.79 Å². The lowest BCUT2D eigenvalue weighted by Gasteiger charge is -2.39. The zero-order valence-corrected chi connectivity index (χ0v) is 11.0. The minimum absolute atomic E-state index is 0.0720. The molecule has 2 saturated carbocycles. The van der Waals surface area contributed by atoms with E-state index in [1.54, 1.807) is 6.92 Å². The van der Waals surface area contributed by atoms with Crippen LogP contribution in [0.4, 0.5) is 0 Å². The van der Waals surface area contributed by atoms with Gasteiger partial charge in [0.1, 0.15) is 0 Å². The molecule has 0 bridgehead atoms. The van der Waals surface area contributed by atoms with E-state index in [0.717, 1.165) is 24.9 Å². The maximum Gasteiger partial charge on any atom is 0.216 e. The van der Waals surface area contributed by atoms with E-state index in [0.29, 0.717) is 6.04 Å². The molecule has 17 heavy (non-hydrogen) atoms. The maximum absolute atomic E-state index is 10.7. The van der Waals surface area contributed by atoms with Crippen LogP contribution >= 0.6 is 0 Å². The number of fused-ring (bicyclic) bond motifs is 1. The lowest BCUT2D eigenvalue weighted by molar-refractivity contribution is -0.118. The molecular weight excluding hydrogens is 212 g/mol. The highest BCUT2D eigenvalue weighted by molar-refractivity contribution is 5.72. The van der Waals surface area contributed by atoms with Crippen LogP contribution in [0.25, 0.3) is 0 Å². The first-order chi connectivity index (χ1) is 8.25. The van der Waals surface area contributed by atoms with Gasteiger partial charge in [-0.1, -0.05) is 25.7 Å². The second kappa shape index (κ2) is 6.39. The number of amides is 1. The van der Waals surface area contributed by atoms with E-state index in [9.17, 15) is 4.79 Å². The monoisotopic (exact) mass is 238 g/mol. The average Bonchev–Trinajstić information content (AvgIpc) is 2.34. The molecule has 0 saturated heterocycles. The SMILES string of the molecule is CC(=O)NCCNC1CCC2CCCCC2C1. The largest absolute Gasteiger partial charge is 0.355 e. The molecule has 0 aromatic rings. The molecule has 0 aromatic carbocycles. The number of rotatable bonds is 4. The van der Waals surface area contributed by atoms with Crippen molar-refractivity contribution in [2.75, 3.05) is 13.1 Å². The summed E-state index contributed by atoms with van der Waals surface area (Å²) in [7, 11) is 0. The van der Waals surface area contributed by atoms with Gasteiger partial charge in [-0.15, -0.1) is 0 Å². The lowest BCUT2D eigenvalue weighted by Crippen LogP contribution is -2.41. The second-order valence-corrected chi connectivity index (χ2v) is 5.75. The van der Waals surface area contributed by atoms with Crippen molar-refractivity contribution in [3.8, 4) is 0 Å². The van der Waals surface area contributed by atoms with E-state index in [-0.39, 0.29) is 5.91 Å². The summed E-state index contributed by atoms with van der Waals surface area (Å²) in [4.78, 5) is 10.7. The Morgan fingerprint density at radius 1 is 1.06 bits per heavy atom. The summed E-state index contributed by atoms with van der Waals surface area (Å²) < 4.78 is 0. The molecule has 2 N–H and O–H groups in total.